The molecule has 3 fully saturated rings. The first kappa shape index (κ1) is 28.5. The average Bonchev–Trinajstić information content (AvgIpc) is 2.93. The van der Waals surface area contributed by atoms with Gasteiger partial charge in [-0.15, -0.1) is 23.5 Å². The fourth-order valence-corrected chi connectivity index (χ4v) is 7.71. The Morgan fingerprint density at radius 1 is 1.03 bits per heavy atom. The van der Waals surface area contributed by atoms with Gasteiger partial charge in [-0.1, -0.05) is 43.7 Å². The highest BCUT2D eigenvalue weighted by Gasteiger charge is 2.47. The molecule has 2 heterocycles. The van der Waals surface area contributed by atoms with Crippen LogP contribution in [-0.2, 0) is 20.9 Å². The van der Waals surface area contributed by atoms with Crippen molar-refractivity contribution in [2.45, 2.75) is 64.5 Å². The second-order valence-electron chi connectivity index (χ2n) is 10.1. The normalized spacial score (nSPS) is 22.6. The van der Waals surface area contributed by atoms with Crippen molar-refractivity contribution in [2.24, 2.45) is 5.92 Å². The summed E-state index contributed by atoms with van der Waals surface area (Å²) in [7, 11) is 1.74. The highest BCUT2D eigenvalue weighted by Crippen LogP contribution is 2.40. The summed E-state index contributed by atoms with van der Waals surface area (Å²) in [5.41, 5.74) is 1.12. The number of imide groups is 2. The van der Waals surface area contributed by atoms with Crippen LogP contribution in [-0.4, -0.2) is 76.3 Å². The summed E-state index contributed by atoms with van der Waals surface area (Å²) in [4.78, 5) is 57.1. The molecule has 1 aromatic carbocycles. The third-order valence-electron chi connectivity index (χ3n) is 7.25. The zero-order valence-corrected chi connectivity index (χ0v) is 23.9. The molecule has 1 aliphatic carbocycles. The van der Waals surface area contributed by atoms with Crippen LogP contribution in [0.5, 0.6) is 0 Å². The van der Waals surface area contributed by atoms with Gasteiger partial charge in [-0.25, -0.2) is 9.59 Å². The van der Waals surface area contributed by atoms with Gasteiger partial charge in [0.25, 0.3) is 11.8 Å². The Bertz CT molecular complexity index is 1050. The van der Waals surface area contributed by atoms with E-state index in [1.54, 1.807) is 35.5 Å². The van der Waals surface area contributed by atoms with Crippen molar-refractivity contribution in [1.82, 2.24) is 14.7 Å². The van der Waals surface area contributed by atoms with Crippen LogP contribution in [0, 0.1) is 5.92 Å². The van der Waals surface area contributed by atoms with E-state index in [-0.39, 0.29) is 30.2 Å². The molecule has 0 bridgehead atoms. The minimum Gasteiger partial charge on any atom is -0.445 e. The number of benzene rings is 1. The monoisotopic (exact) mass is 559 g/mol. The largest absolute Gasteiger partial charge is 0.445 e. The summed E-state index contributed by atoms with van der Waals surface area (Å²) in [6, 6.07) is 8.86. The Morgan fingerprint density at radius 2 is 1.71 bits per heavy atom. The van der Waals surface area contributed by atoms with Crippen LogP contribution in [0.25, 0.3) is 0 Å². The zero-order chi connectivity index (χ0) is 27.1. The van der Waals surface area contributed by atoms with Gasteiger partial charge in [-0.05, 0) is 61.5 Å². The number of unbranched alkanes of at least 4 members (excludes halogenated alkanes) is 1. The molecule has 206 valence electrons. The van der Waals surface area contributed by atoms with Crippen molar-refractivity contribution < 1.29 is 23.9 Å². The summed E-state index contributed by atoms with van der Waals surface area (Å²) in [6.45, 7) is 3.14. The molecule has 1 saturated carbocycles. The molecule has 2 saturated heterocycles. The Labute approximate surface area is 233 Å². The molecular formula is C28H37N3O5S2. The van der Waals surface area contributed by atoms with E-state index >= 15 is 0 Å². The predicted molar refractivity (Wildman–Crippen MR) is 150 cm³/mol. The van der Waals surface area contributed by atoms with Gasteiger partial charge in [0, 0.05) is 26.2 Å². The van der Waals surface area contributed by atoms with Gasteiger partial charge in [0.05, 0.1) is 4.24 Å². The summed E-state index contributed by atoms with van der Waals surface area (Å²) in [6.07, 6.45) is 5.14. The van der Waals surface area contributed by atoms with Crippen molar-refractivity contribution in [2.75, 3.05) is 31.6 Å². The molecule has 0 aromatic heterocycles. The van der Waals surface area contributed by atoms with Gasteiger partial charge < -0.3 is 9.64 Å². The average molecular weight is 560 g/mol. The second kappa shape index (κ2) is 13.6. The Hall–Kier alpha value is -2.46. The van der Waals surface area contributed by atoms with E-state index in [1.165, 1.54) is 9.80 Å². The third kappa shape index (κ3) is 6.75. The summed E-state index contributed by atoms with van der Waals surface area (Å²) in [5, 5.41) is 0. The smallest absolute Gasteiger partial charge is 0.409 e. The number of ether oxygens (including phenoxy) is 1. The van der Waals surface area contributed by atoms with Crippen LogP contribution in [0.4, 0.5) is 9.59 Å². The van der Waals surface area contributed by atoms with E-state index in [0.29, 0.717) is 32.4 Å². The van der Waals surface area contributed by atoms with Crippen molar-refractivity contribution >= 4 is 47.5 Å². The maximum atomic E-state index is 13.6. The highest BCUT2D eigenvalue weighted by molar-refractivity contribution is 8.22. The van der Waals surface area contributed by atoms with Gasteiger partial charge in [0.2, 0.25) is 0 Å². The van der Waals surface area contributed by atoms with E-state index in [9.17, 15) is 19.2 Å². The molecule has 0 radical (unpaired) electrons. The molecule has 5 amide bonds. The van der Waals surface area contributed by atoms with Crippen LogP contribution >= 0.6 is 23.5 Å². The lowest BCUT2D eigenvalue weighted by atomic mass is 9.84. The second-order valence-corrected chi connectivity index (χ2v) is 12.5. The van der Waals surface area contributed by atoms with Gasteiger partial charge in [0.15, 0.2) is 0 Å². The Balaban J connectivity index is 1.37. The lowest BCUT2D eigenvalue weighted by Crippen LogP contribution is -2.60. The van der Waals surface area contributed by atoms with E-state index in [4.69, 9.17) is 4.74 Å². The highest BCUT2D eigenvalue weighted by atomic mass is 32.2. The molecule has 10 heteroatoms. The number of carbonyl (C=O) groups excluding carboxylic acids is 4. The van der Waals surface area contributed by atoms with Gasteiger partial charge in [0.1, 0.15) is 12.2 Å². The molecule has 8 nitrogen and oxygen atoms in total. The minimum atomic E-state index is -0.478. The maximum Gasteiger partial charge on any atom is 0.409 e. The quantitative estimate of drug-likeness (QED) is 0.308. The summed E-state index contributed by atoms with van der Waals surface area (Å²) < 4.78 is 6.20. The van der Waals surface area contributed by atoms with Crippen LogP contribution in [0.2, 0.25) is 0 Å². The number of hydrogen-bond donors (Lipinski definition) is 0. The number of carbonyl (C=O) groups is 4. The molecular weight excluding hydrogens is 522 g/mol. The van der Waals surface area contributed by atoms with Crippen LogP contribution in [0.1, 0.15) is 57.4 Å². The first-order valence-electron chi connectivity index (χ1n) is 13.5. The van der Waals surface area contributed by atoms with Gasteiger partial charge in [-0.3, -0.25) is 19.4 Å². The van der Waals surface area contributed by atoms with Crippen molar-refractivity contribution in [3.63, 3.8) is 0 Å². The molecule has 1 aromatic rings. The Morgan fingerprint density at radius 3 is 2.37 bits per heavy atom. The van der Waals surface area contributed by atoms with Crippen LogP contribution < -0.4 is 0 Å². The topological polar surface area (TPSA) is 87.2 Å². The number of thioether (sulfide) groups is 2. The number of hydrogen-bond acceptors (Lipinski definition) is 7. The van der Waals surface area contributed by atoms with Gasteiger partial charge >= 0.3 is 12.1 Å². The predicted octanol–water partition coefficient (Wildman–Crippen LogP) is 5.49. The number of barbiturate groups is 1. The third-order valence-corrected chi connectivity index (χ3v) is 9.88. The molecule has 38 heavy (non-hydrogen) atoms. The number of urea groups is 1. The molecule has 2 aliphatic heterocycles. The van der Waals surface area contributed by atoms with E-state index in [1.807, 2.05) is 37.3 Å². The number of nitrogens with zero attached hydrogens (tertiary/aromatic N) is 3. The van der Waals surface area contributed by atoms with Crippen LogP contribution in [0.15, 0.2) is 40.1 Å². The summed E-state index contributed by atoms with van der Waals surface area (Å²) in [5.74, 6) is 1.14. The fourth-order valence-electron chi connectivity index (χ4n) is 5.11. The number of rotatable bonds is 8. The molecule has 0 atom stereocenters. The lowest BCUT2D eigenvalue weighted by molar-refractivity contribution is -0.137. The lowest BCUT2D eigenvalue weighted by Gasteiger charge is -2.41. The zero-order valence-electron chi connectivity index (χ0n) is 22.2. The fraction of sp³-hybridized carbons (Fsp3) is 0.571. The Kier molecular flexibility index (Phi) is 10.2. The standard InChI is InChI=1S/C28H37N3O5S2/c1-3-4-15-30-24(32)23(26-37-16-8-17-38-26)25(33)31(27(30)34)22-13-11-20(12-14-22)18-29(2)28(35)36-19-21-9-6-5-7-10-21/h5-7,9-10,20,22H,3-4,8,11-19H2,1-2H3. The first-order valence-corrected chi connectivity index (χ1v) is 15.5. The molecule has 0 unspecified atom stereocenters. The van der Waals surface area contributed by atoms with E-state index < -0.39 is 17.8 Å². The van der Waals surface area contributed by atoms with E-state index in [0.717, 1.165) is 47.0 Å². The van der Waals surface area contributed by atoms with Gasteiger partial charge in [-0.2, -0.15) is 0 Å². The molecule has 0 spiro atoms. The summed E-state index contributed by atoms with van der Waals surface area (Å²) >= 11 is 3.10. The molecule has 4 rings (SSSR count). The molecule has 0 N–H and O–H groups in total. The maximum absolute atomic E-state index is 13.6. The van der Waals surface area contributed by atoms with Crippen LogP contribution in [0.3, 0.4) is 0 Å². The van der Waals surface area contributed by atoms with Crippen molar-refractivity contribution in [3.05, 3.63) is 45.7 Å². The SMILES string of the molecule is CCCCN1C(=O)C(=C2SCCCS2)C(=O)N(C2CCC(CN(C)C(=O)OCc3ccccc3)CC2)C1=O. The minimum absolute atomic E-state index is 0.179. The molecule has 3 aliphatic rings. The van der Waals surface area contributed by atoms with Crippen molar-refractivity contribution in [1.29, 1.82) is 0 Å². The van der Waals surface area contributed by atoms with E-state index in [2.05, 4.69) is 0 Å². The number of amides is 5. The first-order chi connectivity index (χ1) is 18.4. The van der Waals surface area contributed by atoms with Crippen molar-refractivity contribution in [3.8, 4) is 0 Å².